The van der Waals surface area contributed by atoms with Gasteiger partial charge >= 0.3 is 5.25 Å². The molecular weight excluding hydrogens is 326 g/mol. The van der Waals surface area contributed by atoms with Crippen LogP contribution in [0.2, 0.25) is 0 Å². The van der Waals surface area contributed by atoms with E-state index in [0.717, 1.165) is 48.8 Å². The summed E-state index contributed by atoms with van der Waals surface area (Å²) in [4.78, 5) is 8.05. The lowest BCUT2D eigenvalue weighted by Crippen LogP contribution is -2.26. The van der Waals surface area contributed by atoms with Crippen molar-refractivity contribution in [3.05, 3.63) is 48.0 Å². The number of hydrogen-bond acceptors (Lipinski definition) is 2. The molecule has 0 unspecified atom stereocenters. The summed E-state index contributed by atoms with van der Waals surface area (Å²) in [5.41, 5.74) is 1.07. The number of alkyl halides is 2. The highest BCUT2D eigenvalue weighted by Crippen LogP contribution is 2.47. The molecule has 1 fully saturated rings. The second-order valence-electron chi connectivity index (χ2n) is 6.73. The number of aromatic amines is 1. The Kier molecular flexibility index (Phi) is 5.59. The lowest BCUT2D eigenvalue weighted by atomic mass is 9.89. The Hall–Kier alpha value is -1.36. The number of halogens is 2. The largest absolute Gasteiger partial charge is 0.348 e. The Morgan fingerprint density at radius 1 is 1.29 bits per heavy atom. The van der Waals surface area contributed by atoms with Crippen molar-refractivity contribution < 1.29 is 8.78 Å². The molecule has 1 aliphatic carbocycles. The van der Waals surface area contributed by atoms with Crippen molar-refractivity contribution in [2.24, 2.45) is 5.92 Å². The van der Waals surface area contributed by atoms with Crippen LogP contribution in [0.3, 0.4) is 0 Å². The van der Waals surface area contributed by atoms with Crippen molar-refractivity contribution in [1.82, 2.24) is 9.97 Å². The minimum atomic E-state index is -2.67. The van der Waals surface area contributed by atoms with Crippen molar-refractivity contribution >= 4 is 11.8 Å². The van der Waals surface area contributed by atoms with Crippen LogP contribution in [0.4, 0.5) is 8.78 Å². The number of rotatable bonds is 6. The molecule has 0 aliphatic heterocycles. The fourth-order valence-corrected chi connectivity index (χ4v) is 4.49. The molecule has 2 aromatic rings. The maximum Gasteiger partial charge on any atom is 0.300 e. The molecule has 5 heteroatoms. The zero-order valence-electron chi connectivity index (χ0n) is 14.0. The third-order valence-corrected chi connectivity index (χ3v) is 5.86. The smallest absolute Gasteiger partial charge is 0.300 e. The summed E-state index contributed by atoms with van der Waals surface area (Å²) < 4.78 is 29.1. The van der Waals surface area contributed by atoms with Crippen LogP contribution in [0.5, 0.6) is 0 Å². The van der Waals surface area contributed by atoms with Crippen molar-refractivity contribution in [3.63, 3.8) is 0 Å². The summed E-state index contributed by atoms with van der Waals surface area (Å²) in [6, 6.07) is 7.58. The predicted molar refractivity (Wildman–Crippen MR) is 94.5 cm³/mol. The van der Waals surface area contributed by atoms with Gasteiger partial charge in [-0.15, -0.1) is 0 Å². The molecular formula is C19H24F2N2S. The van der Waals surface area contributed by atoms with Crippen LogP contribution in [0, 0.1) is 5.92 Å². The number of H-pyrrole nitrogens is 1. The number of hydrogen-bond donors (Lipinski definition) is 1. The molecule has 0 amide bonds. The lowest BCUT2D eigenvalue weighted by Gasteiger charge is -2.29. The molecule has 1 aromatic carbocycles. The van der Waals surface area contributed by atoms with Gasteiger partial charge in [-0.1, -0.05) is 50.1 Å². The number of thioether (sulfide) groups is 1. The van der Waals surface area contributed by atoms with E-state index in [1.165, 1.54) is 0 Å². The van der Waals surface area contributed by atoms with E-state index >= 15 is 0 Å². The molecule has 1 aromatic heterocycles. The normalized spacial score (nSPS) is 17.8. The summed E-state index contributed by atoms with van der Waals surface area (Å²) in [6.45, 7) is 2.09. The highest BCUT2D eigenvalue weighted by Gasteiger charge is 2.40. The first-order valence-corrected chi connectivity index (χ1v) is 9.51. The van der Waals surface area contributed by atoms with E-state index in [-0.39, 0.29) is 5.92 Å². The van der Waals surface area contributed by atoms with Gasteiger partial charge in [-0.3, -0.25) is 0 Å². The summed E-state index contributed by atoms with van der Waals surface area (Å²) in [5, 5.41) is -2.67. The number of nitrogens with one attached hydrogen (secondary N) is 1. The molecule has 1 heterocycles. The molecule has 1 N–H and O–H groups in total. The monoisotopic (exact) mass is 350 g/mol. The fraction of sp³-hybridized carbons (Fsp3) is 0.526. The molecule has 3 rings (SSSR count). The van der Waals surface area contributed by atoms with E-state index in [4.69, 9.17) is 0 Å². The highest BCUT2D eigenvalue weighted by atomic mass is 32.2. The first kappa shape index (κ1) is 17.5. The third-order valence-electron chi connectivity index (χ3n) is 4.76. The highest BCUT2D eigenvalue weighted by molar-refractivity contribution is 8.00. The van der Waals surface area contributed by atoms with Gasteiger partial charge in [-0.25, -0.2) is 4.98 Å². The second kappa shape index (κ2) is 7.68. The molecule has 0 saturated heterocycles. The SMILES string of the molecule is C[C@@H](Cc1cccc(SC(F)(F)C2CCCCC2)c1)c1ncc[nH]1. The molecule has 0 bridgehead atoms. The van der Waals surface area contributed by atoms with E-state index in [9.17, 15) is 8.78 Å². The van der Waals surface area contributed by atoms with E-state index in [1.807, 2.05) is 24.4 Å². The Balaban J connectivity index is 1.66. The van der Waals surface area contributed by atoms with Gasteiger partial charge in [-0.05, 0) is 37.0 Å². The molecule has 2 nitrogen and oxygen atoms in total. The van der Waals surface area contributed by atoms with Gasteiger partial charge in [0.25, 0.3) is 0 Å². The molecule has 0 spiro atoms. The molecule has 1 atom stereocenters. The van der Waals surface area contributed by atoms with Crippen LogP contribution in [0.1, 0.15) is 56.3 Å². The Bertz CT molecular complexity index is 637. The molecule has 0 radical (unpaired) electrons. The van der Waals surface area contributed by atoms with Crippen molar-refractivity contribution in [2.45, 2.75) is 61.5 Å². The lowest BCUT2D eigenvalue weighted by molar-refractivity contribution is 0.0195. The van der Waals surface area contributed by atoms with Gasteiger partial charge in [0.15, 0.2) is 0 Å². The van der Waals surface area contributed by atoms with E-state index in [1.54, 1.807) is 12.3 Å². The van der Waals surface area contributed by atoms with Crippen molar-refractivity contribution in [3.8, 4) is 0 Å². The van der Waals surface area contributed by atoms with Gasteiger partial charge in [0.1, 0.15) is 5.82 Å². The maximum absolute atomic E-state index is 14.6. The van der Waals surface area contributed by atoms with Gasteiger partial charge in [0.2, 0.25) is 0 Å². The van der Waals surface area contributed by atoms with Crippen LogP contribution >= 0.6 is 11.8 Å². The van der Waals surface area contributed by atoms with Gasteiger partial charge in [-0.2, -0.15) is 8.78 Å². The molecule has 1 aliphatic rings. The predicted octanol–water partition coefficient (Wildman–Crippen LogP) is 6.02. The maximum atomic E-state index is 14.6. The van der Waals surface area contributed by atoms with Gasteiger partial charge < -0.3 is 4.98 Å². The second-order valence-corrected chi connectivity index (χ2v) is 7.95. The van der Waals surface area contributed by atoms with Crippen LogP contribution in [0.25, 0.3) is 0 Å². The zero-order chi connectivity index (χ0) is 17.0. The fourth-order valence-electron chi connectivity index (χ4n) is 3.41. The number of benzene rings is 1. The number of nitrogens with zero attached hydrogens (tertiary/aromatic N) is 1. The Labute approximate surface area is 146 Å². The molecule has 130 valence electrons. The average Bonchev–Trinajstić information content (AvgIpc) is 3.10. The first-order valence-electron chi connectivity index (χ1n) is 8.69. The first-order chi connectivity index (χ1) is 11.5. The Morgan fingerprint density at radius 3 is 2.79 bits per heavy atom. The molecule has 24 heavy (non-hydrogen) atoms. The van der Waals surface area contributed by atoms with E-state index in [2.05, 4.69) is 16.9 Å². The average molecular weight is 350 g/mol. The molecule has 1 saturated carbocycles. The van der Waals surface area contributed by atoms with Crippen LogP contribution in [-0.2, 0) is 6.42 Å². The summed E-state index contributed by atoms with van der Waals surface area (Å²) in [5.74, 6) is 0.682. The van der Waals surface area contributed by atoms with E-state index < -0.39 is 11.2 Å². The topological polar surface area (TPSA) is 28.7 Å². The minimum absolute atomic E-state index is 0.235. The summed E-state index contributed by atoms with van der Waals surface area (Å²) >= 11 is 0.734. The van der Waals surface area contributed by atoms with Crippen molar-refractivity contribution in [2.75, 3.05) is 0 Å². The summed E-state index contributed by atoms with van der Waals surface area (Å²) in [6.07, 6.45) is 8.59. The summed E-state index contributed by atoms with van der Waals surface area (Å²) in [7, 11) is 0. The van der Waals surface area contributed by atoms with E-state index in [0.29, 0.717) is 17.7 Å². The van der Waals surface area contributed by atoms with Crippen molar-refractivity contribution in [1.29, 1.82) is 0 Å². The Morgan fingerprint density at radius 2 is 2.08 bits per heavy atom. The van der Waals surface area contributed by atoms with Gasteiger partial charge in [0.05, 0.1) is 0 Å². The van der Waals surface area contributed by atoms with Crippen LogP contribution in [-0.4, -0.2) is 15.2 Å². The van der Waals surface area contributed by atoms with Crippen LogP contribution in [0.15, 0.2) is 41.6 Å². The zero-order valence-corrected chi connectivity index (χ0v) is 14.8. The van der Waals surface area contributed by atoms with Crippen LogP contribution < -0.4 is 0 Å². The van der Waals surface area contributed by atoms with Gasteiger partial charge in [0, 0.05) is 29.1 Å². The standard InChI is InChI=1S/C19H24F2N2S/c1-14(18-22-10-11-23-18)12-15-6-5-9-17(13-15)24-19(20,21)16-7-3-2-4-8-16/h5-6,9-11,13-14,16H,2-4,7-8,12H2,1H3,(H,22,23)/t14-/m0/s1. The number of imidazole rings is 1. The third kappa shape index (κ3) is 4.38. The number of aromatic nitrogens is 2. The quantitative estimate of drug-likeness (QED) is 0.645. The minimum Gasteiger partial charge on any atom is -0.348 e.